The average Bonchev–Trinajstić information content (AvgIpc) is 1.79. The van der Waals surface area contributed by atoms with E-state index in [1.807, 2.05) is 13.8 Å². The van der Waals surface area contributed by atoms with Crippen LogP contribution in [0.25, 0.3) is 0 Å². The molecule has 1 fully saturated rings. The van der Waals surface area contributed by atoms with Crippen LogP contribution in [-0.2, 0) is 89.6 Å². The molecule has 23 N–H and O–H groups in total. The maximum Gasteiger partial charge on any atom is 0.326 e. The number of nitrogens with zero attached hydrogens (tertiary/aromatic N) is 1. The Kier molecular flexibility index (Phi) is 39.3. The summed E-state index contributed by atoms with van der Waals surface area (Å²) in [5, 5.41) is 93.4. The number of benzene rings is 2. The van der Waals surface area contributed by atoms with Gasteiger partial charge in [-0.05, 0) is 132 Å². The largest absolute Gasteiger partial charge is 0.508 e. The molecular formula is C73H114N16O22. The molecule has 14 amide bonds. The number of carboxylic acids is 2. The highest BCUT2D eigenvalue weighted by Gasteiger charge is 2.42. The molecule has 1 heterocycles. The summed E-state index contributed by atoms with van der Waals surface area (Å²) in [6, 6.07) is -8.93. The third-order valence-electron chi connectivity index (χ3n) is 18.3. The molecule has 2 aromatic rings. The van der Waals surface area contributed by atoms with Crippen molar-refractivity contribution < 1.29 is 107 Å². The van der Waals surface area contributed by atoms with Crippen LogP contribution in [0.5, 0.6) is 11.5 Å². The molecule has 3 rings (SSSR count). The van der Waals surface area contributed by atoms with Crippen molar-refractivity contribution in [3.8, 4) is 11.5 Å². The van der Waals surface area contributed by atoms with Gasteiger partial charge in [-0.3, -0.25) is 71.9 Å². The minimum absolute atomic E-state index is 0.0457. The summed E-state index contributed by atoms with van der Waals surface area (Å²) in [6.45, 7) is 16.9. The molecule has 0 bridgehead atoms. The molecule has 0 saturated carbocycles. The van der Waals surface area contributed by atoms with E-state index < -0.39 is 223 Å². The van der Waals surface area contributed by atoms with Crippen LogP contribution in [0.1, 0.15) is 146 Å². The number of carbonyl (C=O) groups excluding carboxylic acids is 14. The number of amides is 14. The van der Waals surface area contributed by atoms with Crippen molar-refractivity contribution in [1.29, 1.82) is 0 Å². The Morgan fingerprint density at radius 2 is 0.892 bits per heavy atom. The number of rotatable bonds is 46. The minimum atomic E-state index is -2.00. The minimum Gasteiger partial charge on any atom is -0.508 e. The van der Waals surface area contributed by atoms with Gasteiger partial charge in [-0.2, -0.15) is 0 Å². The van der Waals surface area contributed by atoms with E-state index in [0.717, 1.165) is 13.8 Å². The van der Waals surface area contributed by atoms with Crippen LogP contribution >= 0.6 is 0 Å². The van der Waals surface area contributed by atoms with E-state index in [-0.39, 0.29) is 68.2 Å². The Labute approximate surface area is 644 Å². The maximum atomic E-state index is 14.5. The topological polar surface area (TPSA) is 606 Å². The zero-order valence-corrected chi connectivity index (χ0v) is 64.8. The third-order valence-corrected chi connectivity index (χ3v) is 18.3. The van der Waals surface area contributed by atoms with E-state index >= 15 is 0 Å². The quantitative estimate of drug-likeness (QED) is 0.0279. The maximum absolute atomic E-state index is 14.5. The smallest absolute Gasteiger partial charge is 0.326 e. The Hall–Kier alpha value is -10.6. The second kappa shape index (κ2) is 46.2. The number of likely N-dealkylation sites (tertiary alicyclic amines) is 1. The number of phenolic OH excluding ortho intramolecular Hbond substituents is 2. The second-order valence-corrected chi connectivity index (χ2v) is 28.9. The SMILES string of the molecule is CC[C@H](C)[C@H](NC(=O)[C@@H](NC(=O)[C@H](Cc1ccc(O)cc1)NC(=O)[C@H](CC(=O)O)NC(=O)[C@@H](NC(=O)CNC(=O)[C@@H]1CCCN1C(=O)[C@H](CCCCN)NC(=O)[C@H](CC(C)C)NC(=O)CN)C(C)C)[C@@H](C)O)C(=O)N[C@H](C(=O)N[C@@H](C)C(=O)N[C@@H](Cc1ccc(O)cc1)C(=O)N[C@@H](C)C(=O)N[C@H](C(=O)O)C(C)C)[C@@H](C)O. The molecule has 111 heavy (non-hydrogen) atoms. The lowest BCUT2D eigenvalue weighted by Gasteiger charge is -2.31. The first-order valence-electron chi connectivity index (χ1n) is 37.0. The van der Waals surface area contributed by atoms with E-state index in [4.69, 9.17) is 11.5 Å². The van der Waals surface area contributed by atoms with Crippen LogP contribution in [0.4, 0.5) is 0 Å². The normalized spacial score (nSPS) is 16.7. The van der Waals surface area contributed by atoms with E-state index in [1.165, 1.54) is 88.0 Å². The summed E-state index contributed by atoms with van der Waals surface area (Å²) in [7, 11) is 0. The lowest BCUT2D eigenvalue weighted by atomic mass is 9.96. The van der Waals surface area contributed by atoms with Crippen LogP contribution in [0.2, 0.25) is 0 Å². The number of carbonyl (C=O) groups is 16. The molecule has 1 aliphatic heterocycles. The Morgan fingerprint density at radius 1 is 0.468 bits per heavy atom. The summed E-state index contributed by atoms with van der Waals surface area (Å²) in [6.07, 6.45) is -3.33. The van der Waals surface area contributed by atoms with Gasteiger partial charge in [-0.1, -0.05) is 86.1 Å². The zero-order valence-electron chi connectivity index (χ0n) is 64.8. The highest BCUT2D eigenvalue weighted by atomic mass is 16.4. The third kappa shape index (κ3) is 31.4. The molecule has 0 radical (unpaired) electrons. The van der Waals surface area contributed by atoms with Crippen molar-refractivity contribution in [3.63, 3.8) is 0 Å². The van der Waals surface area contributed by atoms with Crippen LogP contribution in [0, 0.1) is 23.7 Å². The Morgan fingerprint density at radius 3 is 1.37 bits per heavy atom. The fourth-order valence-corrected chi connectivity index (χ4v) is 11.7. The van der Waals surface area contributed by atoms with Gasteiger partial charge in [-0.25, -0.2) is 4.79 Å². The first-order valence-corrected chi connectivity index (χ1v) is 37.0. The number of hydrogen-bond donors (Lipinski definition) is 21. The zero-order chi connectivity index (χ0) is 83.8. The van der Waals surface area contributed by atoms with E-state index in [9.17, 15) is 107 Å². The van der Waals surface area contributed by atoms with Gasteiger partial charge in [0.05, 0.1) is 31.7 Å². The molecule has 1 saturated heterocycles. The van der Waals surface area contributed by atoms with Gasteiger partial charge < -0.3 is 116 Å². The van der Waals surface area contributed by atoms with Gasteiger partial charge in [0, 0.05) is 19.4 Å². The number of aliphatic carboxylic acids is 2. The number of nitrogens with one attached hydrogen (secondary N) is 13. The highest BCUT2D eigenvalue weighted by molar-refractivity contribution is 6.01. The van der Waals surface area contributed by atoms with Crippen molar-refractivity contribution in [2.24, 2.45) is 35.1 Å². The van der Waals surface area contributed by atoms with Crippen LogP contribution in [0.3, 0.4) is 0 Å². The number of nitrogens with two attached hydrogens (primary N) is 2. The highest BCUT2D eigenvalue weighted by Crippen LogP contribution is 2.22. The predicted molar refractivity (Wildman–Crippen MR) is 400 cm³/mol. The lowest BCUT2D eigenvalue weighted by Crippen LogP contribution is -2.64. The first-order chi connectivity index (χ1) is 52.0. The van der Waals surface area contributed by atoms with Gasteiger partial charge in [0.2, 0.25) is 82.7 Å². The summed E-state index contributed by atoms with van der Waals surface area (Å²) < 4.78 is 0. The number of phenols is 2. The van der Waals surface area contributed by atoms with Gasteiger partial charge in [-0.15, -0.1) is 0 Å². The van der Waals surface area contributed by atoms with Crippen LogP contribution in [0.15, 0.2) is 48.5 Å². The summed E-state index contributed by atoms with van der Waals surface area (Å²) in [5.74, 6) is -18.8. The molecule has 0 unspecified atom stereocenters. The number of hydrogen-bond acceptors (Lipinski definition) is 22. The molecule has 16 atom stereocenters. The monoisotopic (exact) mass is 1570 g/mol. The molecule has 38 nitrogen and oxygen atoms in total. The summed E-state index contributed by atoms with van der Waals surface area (Å²) in [5.41, 5.74) is 11.9. The van der Waals surface area contributed by atoms with E-state index in [1.54, 1.807) is 20.8 Å². The van der Waals surface area contributed by atoms with Gasteiger partial charge >= 0.3 is 11.9 Å². The number of aromatic hydroxyl groups is 2. The standard InChI is InChI=1S/C73H114N16O22/c1-13-38(8)58(69(106)88-59(41(11)90)70(107)78-39(9)61(98)81-49(30-43-19-23-45(92)24-20-43)63(100)77-40(10)62(99)85-57(37(6)7)73(110)111)86-71(108)60(42(12)91)87-66(103)50(31-44-21-25-46(93)26-22-44)82-65(102)51(32-55(96)97)83-68(105)56(36(4)5)84-54(95)34-76-67(104)52-18-16-28-89(52)72(109)47(17-14-15-27-74)80-64(101)48(29-35(2)3)79-53(94)33-75/h19-26,35-42,47-52,56-60,90-93H,13-18,27-34,74-75H2,1-12H3,(H,76,104)(H,77,100)(H,78,107)(H,79,94)(H,80,101)(H,81,98)(H,82,102)(H,83,105)(H,84,95)(H,85,99)(H,86,108)(H,87,103)(H,88,106)(H,96,97)(H,110,111)/t38-,39-,40-,41+,42+,47-,48-,49-,50-,51-,52-,56-,57-,58-,59-,60-/m0/s1. The average molecular weight is 1570 g/mol. The van der Waals surface area contributed by atoms with E-state index in [0.29, 0.717) is 31.4 Å². The molecule has 0 aliphatic carbocycles. The number of aliphatic hydroxyl groups excluding tert-OH is 2. The van der Waals surface area contributed by atoms with Gasteiger partial charge in [0.25, 0.3) is 0 Å². The predicted octanol–water partition coefficient (Wildman–Crippen LogP) is -4.34. The Balaban J connectivity index is 1.83. The summed E-state index contributed by atoms with van der Waals surface area (Å²) >= 11 is 0. The Bertz CT molecular complexity index is 3540. The van der Waals surface area contributed by atoms with Gasteiger partial charge in [0.1, 0.15) is 90.0 Å². The molecule has 2 aromatic carbocycles. The molecule has 1 aliphatic rings. The number of carboxylic acid groups (broad SMARTS) is 2. The number of aliphatic hydroxyl groups is 2. The van der Waals surface area contributed by atoms with Crippen molar-refractivity contribution in [2.75, 3.05) is 26.2 Å². The molecule has 38 heteroatoms. The molecule has 618 valence electrons. The van der Waals surface area contributed by atoms with Crippen molar-refractivity contribution in [1.82, 2.24) is 74.0 Å². The van der Waals surface area contributed by atoms with Crippen LogP contribution in [-0.4, -0.2) is 247 Å². The molecule has 0 aromatic heterocycles. The lowest BCUT2D eigenvalue weighted by molar-refractivity contribution is -0.143. The van der Waals surface area contributed by atoms with Crippen molar-refractivity contribution in [3.05, 3.63) is 59.7 Å². The second-order valence-electron chi connectivity index (χ2n) is 28.9. The fourth-order valence-electron chi connectivity index (χ4n) is 11.7. The van der Waals surface area contributed by atoms with Crippen molar-refractivity contribution in [2.45, 2.75) is 238 Å². The molecule has 0 spiro atoms. The van der Waals surface area contributed by atoms with Crippen LogP contribution < -0.4 is 80.6 Å². The van der Waals surface area contributed by atoms with E-state index in [2.05, 4.69) is 69.1 Å². The fraction of sp³-hybridized carbons (Fsp3) is 0.616. The summed E-state index contributed by atoms with van der Waals surface area (Å²) in [4.78, 5) is 219. The van der Waals surface area contributed by atoms with Crippen molar-refractivity contribution >= 4 is 94.6 Å². The van der Waals surface area contributed by atoms with Gasteiger partial charge in [0.15, 0.2) is 0 Å². The molecular weight excluding hydrogens is 1450 g/mol. The number of unbranched alkanes of at least 4 members (excludes halogenated alkanes) is 1. The first kappa shape index (κ1) is 94.6.